The molecule has 0 saturated carbocycles. The molecule has 0 atom stereocenters. The van der Waals surface area contributed by atoms with Gasteiger partial charge in [0.2, 0.25) is 0 Å². The van der Waals surface area contributed by atoms with Crippen LogP contribution in [0.4, 0.5) is 25.8 Å². The van der Waals surface area contributed by atoms with Crippen molar-refractivity contribution in [1.29, 1.82) is 0 Å². The van der Waals surface area contributed by atoms with Gasteiger partial charge in [0, 0.05) is 18.9 Å². The Morgan fingerprint density at radius 3 is 2.36 bits per heavy atom. The van der Waals surface area contributed by atoms with Gasteiger partial charge in [0.1, 0.15) is 17.3 Å². The molecule has 0 fully saturated rings. The summed E-state index contributed by atoms with van der Waals surface area (Å²) in [5.74, 6) is -1.73. The SMILES string of the molecule is CN(C(=O)c1cncc(Nc2c(F)cccc2F)c1)c1ccccc1. The largest absolute Gasteiger partial charge is 0.349 e. The summed E-state index contributed by atoms with van der Waals surface area (Å²) in [4.78, 5) is 18.1. The molecule has 0 aliphatic rings. The number of halogens is 2. The first-order chi connectivity index (χ1) is 12.1. The number of nitrogens with one attached hydrogen (secondary N) is 1. The molecule has 0 unspecified atom stereocenters. The molecule has 1 heterocycles. The minimum atomic E-state index is -0.724. The molecule has 0 radical (unpaired) electrons. The van der Waals surface area contributed by atoms with Gasteiger partial charge in [-0.1, -0.05) is 24.3 Å². The number of aromatic nitrogens is 1. The van der Waals surface area contributed by atoms with Gasteiger partial charge in [-0.15, -0.1) is 0 Å². The molecule has 1 amide bonds. The molecule has 0 aliphatic heterocycles. The molecule has 6 heteroatoms. The number of carbonyl (C=O) groups is 1. The van der Waals surface area contributed by atoms with Crippen LogP contribution in [0.1, 0.15) is 10.4 Å². The maximum absolute atomic E-state index is 13.7. The predicted molar refractivity (Wildman–Crippen MR) is 93.1 cm³/mol. The lowest BCUT2D eigenvalue weighted by molar-refractivity contribution is 0.0992. The van der Waals surface area contributed by atoms with E-state index < -0.39 is 11.6 Å². The first-order valence-electron chi connectivity index (χ1n) is 7.55. The van der Waals surface area contributed by atoms with Gasteiger partial charge in [-0.05, 0) is 30.3 Å². The Kier molecular flexibility index (Phi) is 4.70. The maximum atomic E-state index is 13.7. The van der Waals surface area contributed by atoms with Gasteiger partial charge in [-0.25, -0.2) is 8.78 Å². The molecule has 0 bridgehead atoms. The zero-order valence-electron chi connectivity index (χ0n) is 13.4. The van der Waals surface area contributed by atoms with Crippen LogP contribution in [0.25, 0.3) is 0 Å². The molecule has 0 saturated heterocycles. The molecule has 0 aliphatic carbocycles. The monoisotopic (exact) mass is 339 g/mol. The molecular weight excluding hydrogens is 324 g/mol. The van der Waals surface area contributed by atoms with Crippen LogP contribution in [0.5, 0.6) is 0 Å². The number of carbonyl (C=O) groups excluding carboxylic acids is 1. The molecule has 2 aromatic carbocycles. The van der Waals surface area contributed by atoms with Crippen molar-refractivity contribution in [2.24, 2.45) is 0 Å². The number of rotatable bonds is 4. The Balaban J connectivity index is 1.85. The Labute approximate surface area is 143 Å². The number of hydrogen-bond donors (Lipinski definition) is 1. The van der Waals surface area contributed by atoms with Crippen LogP contribution in [0, 0.1) is 11.6 Å². The van der Waals surface area contributed by atoms with E-state index >= 15 is 0 Å². The highest BCUT2D eigenvalue weighted by molar-refractivity contribution is 6.06. The van der Waals surface area contributed by atoms with Gasteiger partial charge in [-0.2, -0.15) is 0 Å². The van der Waals surface area contributed by atoms with E-state index in [1.54, 1.807) is 7.05 Å². The molecule has 1 N–H and O–H groups in total. The Morgan fingerprint density at radius 1 is 1.00 bits per heavy atom. The van der Waals surface area contributed by atoms with E-state index in [9.17, 15) is 13.6 Å². The summed E-state index contributed by atoms with van der Waals surface area (Å²) in [7, 11) is 1.65. The summed E-state index contributed by atoms with van der Waals surface area (Å²) >= 11 is 0. The second kappa shape index (κ2) is 7.09. The number of benzene rings is 2. The average Bonchev–Trinajstić information content (AvgIpc) is 2.64. The van der Waals surface area contributed by atoms with Gasteiger partial charge in [0.25, 0.3) is 5.91 Å². The zero-order valence-corrected chi connectivity index (χ0v) is 13.4. The highest BCUT2D eigenvalue weighted by Crippen LogP contribution is 2.24. The first kappa shape index (κ1) is 16.6. The third kappa shape index (κ3) is 3.63. The zero-order chi connectivity index (χ0) is 17.8. The summed E-state index contributed by atoms with van der Waals surface area (Å²) in [6, 6.07) is 14.2. The van der Waals surface area contributed by atoms with Gasteiger partial charge in [0.15, 0.2) is 0 Å². The Hall–Kier alpha value is -3.28. The van der Waals surface area contributed by atoms with Crippen molar-refractivity contribution in [2.45, 2.75) is 0 Å². The molecule has 126 valence electrons. The summed E-state index contributed by atoms with van der Waals surface area (Å²) in [5.41, 5.74) is 1.06. The smallest absolute Gasteiger partial charge is 0.259 e. The van der Waals surface area contributed by atoms with Crippen molar-refractivity contribution in [2.75, 3.05) is 17.3 Å². The standard InChI is InChI=1S/C19H15F2N3O/c1-24(15-6-3-2-4-7-15)19(25)13-10-14(12-22-11-13)23-18-16(20)8-5-9-17(18)21/h2-12,23H,1H3. The fraction of sp³-hybridized carbons (Fsp3) is 0.0526. The van der Waals surface area contributed by atoms with Gasteiger partial charge in [-0.3, -0.25) is 9.78 Å². The highest BCUT2D eigenvalue weighted by atomic mass is 19.1. The summed E-state index contributed by atoms with van der Waals surface area (Å²) in [5, 5.41) is 2.63. The number of para-hydroxylation sites is 2. The maximum Gasteiger partial charge on any atom is 0.259 e. The number of amides is 1. The second-order valence-electron chi connectivity index (χ2n) is 5.38. The van der Waals surface area contributed by atoms with Crippen molar-refractivity contribution in [1.82, 2.24) is 4.98 Å². The highest BCUT2D eigenvalue weighted by Gasteiger charge is 2.15. The van der Waals surface area contributed by atoms with Crippen molar-refractivity contribution in [3.8, 4) is 0 Å². The van der Waals surface area contributed by atoms with Crippen molar-refractivity contribution < 1.29 is 13.6 Å². The normalized spacial score (nSPS) is 10.4. The van der Waals surface area contributed by atoms with Crippen molar-refractivity contribution in [3.05, 3.63) is 84.2 Å². The van der Waals surface area contributed by atoms with Crippen LogP contribution >= 0.6 is 0 Å². The van der Waals surface area contributed by atoms with Crippen LogP contribution in [-0.2, 0) is 0 Å². The first-order valence-corrected chi connectivity index (χ1v) is 7.55. The van der Waals surface area contributed by atoms with E-state index in [0.29, 0.717) is 11.3 Å². The van der Waals surface area contributed by atoms with E-state index in [-0.39, 0.29) is 11.6 Å². The summed E-state index contributed by atoms with van der Waals surface area (Å²) in [6.07, 6.45) is 2.80. The van der Waals surface area contributed by atoms with Gasteiger partial charge >= 0.3 is 0 Å². The van der Waals surface area contributed by atoms with Crippen LogP contribution in [0.3, 0.4) is 0 Å². The number of nitrogens with zero attached hydrogens (tertiary/aromatic N) is 2. The third-order valence-corrected chi connectivity index (χ3v) is 3.67. The van der Waals surface area contributed by atoms with E-state index in [1.165, 1.54) is 29.4 Å². The molecule has 3 rings (SSSR count). The molecule has 4 nitrogen and oxygen atoms in total. The number of hydrogen-bond acceptors (Lipinski definition) is 3. The minimum absolute atomic E-state index is 0.281. The number of anilines is 3. The van der Waals surface area contributed by atoms with Crippen molar-refractivity contribution in [3.63, 3.8) is 0 Å². The lowest BCUT2D eigenvalue weighted by Gasteiger charge is -2.17. The fourth-order valence-corrected chi connectivity index (χ4v) is 2.35. The lowest BCUT2D eigenvalue weighted by Crippen LogP contribution is -2.26. The molecule has 3 aromatic rings. The molecule has 1 aromatic heterocycles. The Morgan fingerprint density at radius 2 is 1.68 bits per heavy atom. The van der Waals surface area contributed by atoms with E-state index in [0.717, 1.165) is 17.8 Å². The quantitative estimate of drug-likeness (QED) is 0.767. The van der Waals surface area contributed by atoms with E-state index in [4.69, 9.17) is 0 Å². The lowest BCUT2D eigenvalue weighted by atomic mass is 10.2. The summed E-state index contributed by atoms with van der Waals surface area (Å²) < 4.78 is 27.5. The van der Waals surface area contributed by atoms with Gasteiger partial charge < -0.3 is 10.2 Å². The fourth-order valence-electron chi connectivity index (χ4n) is 2.35. The van der Waals surface area contributed by atoms with E-state index in [2.05, 4.69) is 10.3 Å². The number of pyridine rings is 1. The van der Waals surface area contributed by atoms with Crippen molar-refractivity contribution >= 4 is 23.0 Å². The Bertz CT molecular complexity index is 880. The molecular formula is C19H15F2N3O. The van der Waals surface area contributed by atoms with Crippen LogP contribution < -0.4 is 10.2 Å². The minimum Gasteiger partial charge on any atom is -0.349 e. The van der Waals surface area contributed by atoms with E-state index in [1.807, 2.05) is 30.3 Å². The average molecular weight is 339 g/mol. The van der Waals surface area contributed by atoms with Crippen LogP contribution in [0.2, 0.25) is 0 Å². The predicted octanol–water partition coefficient (Wildman–Crippen LogP) is 4.38. The molecule has 0 spiro atoms. The van der Waals surface area contributed by atoms with Crippen LogP contribution in [0.15, 0.2) is 67.0 Å². The summed E-state index contributed by atoms with van der Waals surface area (Å²) in [6.45, 7) is 0. The topological polar surface area (TPSA) is 45.2 Å². The second-order valence-corrected chi connectivity index (χ2v) is 5.38. The van der Waals surface area contributed by atoms with Gasteiger partial charge in [0.05, 0.1) is 17.4 Å². The van der Waals surface area contributed by atoms with Crippen LogP contribution in [-0.4, -0.2) is 17.9 Å². The third-order valence-electron chi connectivity index (χ3n) is 3.67. The molecule has 25 heavy (non-hydrogen) atoms.